The Balaban J connectivity index is 1.41. The Morgan fingerprint density at radius 2 is 1.81 bits per heavy atom. The van der Waals surface area contributed by atoms with Crippen molar-refractivity contribution in [2.75, 3.05) is 18.2 Å². The number of ether oxygens (including phenoxy) is 1. The first-order valence-corrected chi connectivity index (χ1v) is 10.4. The van der Waals surface area contributed by atoms with Gasteiger partial charge >= 0.3 is 5.97 Å². The maximum Gasteiger partial charge on any atom is 0.355 e. The molecule has 2 aliphatic heterocycles. The van der Waals surface area contributed by atoms with Crippen LogP contribution in [0.25, 0.3) is 0 Å². The van der Waals surface area contributed by atoms with Gasteiger partial charge in [0.1, 0.15) is 5.71 Å². The second-order valence-electron chi connectivity index (χ2n) is 7.95. The zero-order valence-corrected chi connectivity index (χ0v) is 17.8. The molecular weight excluding hydrogens is 394 g/mol. The van der Waals surface area contributed by atoms with Crippen LogP contribution in [-0.4, -0.2) is 41.5 Å². The van der Waals surface area contributed by atoms with Gasteiger partial charge in [-0.3, -0.25) is 9.59 Å². The number of hydrogen-bond acceptors (Lipinski definition) is 5. The fraction of sp³-hybridized carbons (Fsp3) is 0.333. The lowest BCUT2D eigenvalue weighted by Gasteiger charge is -2.28. The van der Waals surface area contributed by atoms with Crippen molar-refractivity contribution in [3.63, 3.8) is 0 Å². The maximum atomic E-state index is 12.6. The molecule has 0 bridgehead atoms. The van der Waals surface area contributed by atoms with Crippen LogP contribution in [0, 0.1) is 13.8 Å². The predicted octanol–water partition coefficient (Wildman–Crippen LogP) is 2.91. The maximum absolute atomic E-state index is 12.6. The molecule has 0 aromatic heterocycles. The molecule has 0 aliphatic carbocycles. The van der Waals surface area contributed by atoms with Gasteiger partial charge in [-0.25, -0.2) is 4.79 Å². The second kappa shape index (κ2) is 8.71. The minimum atomic E-state index is -0.659. The number of rotatable bonds is 4. The number of hydrogen-bond donors (Lipinski definition) is 0. The number of benzene rings is 2. The zero-order valence-electron chi connectivity index (χ0n) is 17.8. The zero-order chi connectivity index (χ0) is 22.0. The van der Waals surface area contributed by atoms with E-state index in [9.17, 15) is 14.4 Å². The van der Waals surface area contributed by atoms with Gasteiger partial charge in [-0.05, 0) is 48.6 Å². The Morgan fingerprint density at radius 3 is 2.61 bits per heavy atom. The molecule has 2 aromatic carbocycles. The summed E-state index contributed by atoms with van der Waals surface area (Å²) >= 11 is 0. The second-order valence-corrected chi connectivity index (χ2v) is 7.95. The van der Waals surface area contributed by atoms with Crippen molar-refractivity contribution in [2.45, 2.75) is 39.7 Å². The summed E-state index contributed by atoms with van der Waals surface area (Å²) in [6, 6.07) is 13.8. The molecule has 0 radical (unpaired) electrons. The van der Waals surface area contributed by atoms with E-state index in [4.69, 9.17) is 4.74 Å². The molecule has 0 N–H and O–H groups in total. The first-order chi connectivity index (χ1) is 14.9. The lowest BCUT2D eigenvalue weighted by Crippen LogP contribution is -2.40. The number of fused-ring (bicyclic) bond motifs is 1. The van der Waals surface area contributed by atoms with Crippen molar-refractivity contribution >= 4 is 29.2 Å². The lowest BCUT2D eigenvalue weighted by atomic mass is 10.00. The molecule has 2 aromatic rings. The summed E-state index contributed by atoms with van der Waals surface area (Å²) in [6.07, 6.45) is 1.15. The van der Waals surface area contributed by atoms with Crippen molar-refractivity contribution in [3.05, 3.63) is 64.7 Å². The van der Waals surface area contributed by atoms with Crippen molar-refractivity contribution in [2.24, 2.45) is 5.10 Å². The van der Waals surface area contributed by atoms with Crippen molar-refractivity contribution in [3.8, 4) is 0 Å². The average Bonchev–Trinajstić information content (AvgIpc) is 2.79. The molecule has 0 atom stereocenters. The Morgan fingerprint density at radius 1 is 1.03 bits per heavy atom. The van der Waals surface area contributed by atoms with Crippen LogP contribution in [-0.2, 0) is 32.1 Å². The third-order valence-corrected chi connectivity index (χ3v) is 5.67. The first kappa shape index (κ1) is 20.8. The van der Waals surface area contributed by atoms with Crippen LogP contribution in [0.3, 0.4) is 0 Å². The lowest BCUT2D eigenvalue weighted by molar-refractivity contribution is -0.147. The SMILES string of the molecule is Cc1ccc(C)c(N2N=C(C(=O)OCC(=O)N3CCc4ccccc4C3)CCC2=O)c1. The fourth-order valence-electron chi connectivity index (χ4n) is 3.85. The van der Waals surface area contributed by atoms with Gasteiger partial charge in [-0.1, -0.05) is 36.4 Å². The minimum Gasteiger partial charge on any atom is -0.451 e. The van der Waals surface area contributed by atoms with Gasteiger partial charge in [-0.15, -0.1) is 0 Å². The Kier molecular flexibility index (Phi) is 5.84. The first-order valence-electron chi connectivity index (χ1n) is 10.4. The third-order valence-electron chi connectivity index (χ3n) is 5.67. The highest BCUT2D eigenvalue weighted by molar-refractivity contribution is 6.38. The molecule has 0 saturated heterocycles. The molecule has 31 heavy (non-hydrogen) atoms. The van der Waals surface area contributed by atoms with E-state index in [0.717, 1.165) is 23.1 Å². The topological polar surface area (TPSA) is 79.3 Å². The number of esters is 1. The summed E-state index contributed by atoms with van der Waals surface area (Å²) in [4.78, 5) is 39.2. The Labute approximate surface area is 181 Å². The Hall–Kier alpha value is -3.48. The van der Waals surface area contributed by atoms with E-state index >= 15 is 0 Å². The van der Waals surface area contributed by atoms with E-state index < -0.39 is 5.97 Å². The smallest absolute Gasteiger partial charge is 0.355 e. The van der Waals surface area contributed by atoms with Crippen LogP contribution < -0.4 is 5.01 Å². The number of amides is 2. The number of carbonyl (C=O) groups excluding carboxylic acids is 3. The molecular formula is C24H25N3O4. The third kappa shape index (κ3) is 4.50. The molecule has 0 fully saturated rings. The molecule has 2 aliphatic rings. The van der Waals surface area contributed by atoms with Gasteiger partial charge in [0.25, 0.3) is 5.91 Å². The fourth-order valence-corrected chi connectivity index (χ4v) is 3.85. The monoisotopic (exact) mass is 419 g/mol. The van der Waals surface area contributed by atoms with Crippen LogP contribution in [0.1, 0.15) is 35.1 Å². The predicted molar refractivity (Wildman–Crippen MR) is 117 cm³/mol. The van der Waals surface area contributed by atoms with Gasteiger partial charge in [0.05, 0.1) is 5.69 Å². The Bertz CT molecular complexity index is 1080. The molecule has 160 valence electrons. The highest BCUT2D eigenvalue weighted by Gasteiger charge is 2.28. The number of anilines is 1. The molecule has 0 spiro atoms. The number of aryl methyl sites for hydroxylation is 2. The molecule has 7 nitrogen and oxygen atoms in total. The number of hydrazone groups is 1. The van der Waals surface area contributed by atoms with Crippen LogP contribution in [0.2, 0.25) is 0 Å². The molecule has 0 saturated carbocycles. The number of nitrogens with zero attached hydrogens (tertiary/aromatic N) is 3. The van der Waals surface area contributed by atoms with Gasteiger partial charge in [-0.2, -0.15) is 10.1 Å². The molecule has 2 amide bonds. The van der Waals surface area contributed by atoms with E-state index in [0.29, 0.717) is 18.8 Å². The highest BCUT2D eigenvalue weighted by Crippen LogP contribution is 2.25. The van der Waals surface area contributed by atoms with Gasteiger partial charge in [0, 0.05) is 25.9 Å². The largest absolute Gasteiger partial charge is 0.451 e. The van der Waals surface area contributed by atoms with Crippen LogP contribution in [0.4, 0.5) is 5.69 Å². The standard InChI is InChI=1S/C24H25N3O4/c1-16-7-8-17(2)21(13-16)27-22(28)10-9-20(25-27)24(30)31-15-23(29)26-12-11-18-5-3-4-6-19(18)14-26/h3-8,13H,9-12,14-15H2,1-2H3. The summed E-state index contributed by atoms with van der Waals surface area (Å²) < 4.78 is 5.26. The summed E-state index contributed by atoms with van der Waals surface area (Å²) in [5.41, 5.74) is 5.05. The summed E-state index contributed by atoms with van der Waals surface area (Å²) in [6.45, 7) is 4.60. The van der Waals surface area contributed by atoms with Crippen LogP contribution >= 0.6 is 0 Å². The van der Waals surface area contributed by atoms with Gasteiger partial charge < -0.3 is 9.64 Å². The molecule has 4 rings (SSSR count). The van der Waals surface area contributed by atoms with E-state index in [-0.39, 0.29) is 37.0 Å². The average molecular weight is 419 g/mol. The van der Waals surface area contributed by atoms with Crippen LogP contribution in [0.5, 0.6) is 0 Å². The highest BCUT2D eigenvalue weighted by atomic mass is 16.5. The summed E-state index contributed by atoms with van der Waals surface area (Å²) in [5.74, 6) is -1.07. The van der Waals surface area contributed by atoms with E-state index in [2.05, 4.69) is 11.2 Å². The molecule has 2 heterocycles. The van der Waals surface area contributed by atoms with E-state index in [1.807, 2.05) is 50.2 Å². The van der Waals surface area contributed by atoms with E-state index in [1.54, 1.807) is 4.90 Å². The quantitative estimate of drug-likeness (QED) is 0.714. The molecule has 0 unspecified atom stereocenters. The molecule has 7 heteroatoms. The van der Waals surface area contributed by atoms with Gasteiger partial charge in [0.15, 0.2) is 6.61 Å². The van der Waals surface area contributed by atoms with Gasteiger partial charge in [0.2, 0.25) is 5.91 Å². The number of carbonyl (C=O) groups is 3. The summed E-state index contributed by atoms with van der Waals surface area (Å²) in [7, 11) is 0. The normalized spacial score (nSPS) is 15.9. The van der Waals surface area contributed by atoms with E-state index in [1.165, 1.54) is 10.6 Å². The minimum absolute atomic E-state index is 0.150. The summed E-state index contributed by atoms with van der Waals surface area (Å²) in [5, 5.41) is 5.53. The van der Waals surface area contributed by atoms with Crippen LogP contribution in [0.15, 0.2) is 47.6 Å². The van der Waals surface area contributed by atoms with Crippen molar-refractivity contribution in [1.29, 1.82) is 0 Å². The van der Waals surface area contributed by atoms with Crippen molar-refractivity contribution < 1.29 is 19.1 Å². The van der Waals surface area contributed by atoms with Crippen molar-refractivity contribution in [1.82, 2.24) is 4.90 Å².